The lowest BCUT2D eigenvalue weighted by Gasteiger charge is -2.10. The Bertz CT molecular complexity index is 472. The van der Waals surface area contributed by atoms with Crippen LogP contribution in [-0.2, 0) is 4.79 Å². The van der Waals surface area contributed by atoms with Crippen molar-refractivity contribution < 1.29 is 9.59 Å². The maximum atomic E-state index is 11.8. The minimum Gasteiger partial charge on any atom is -0.352 e. The molecule has 0 bridgehead atoms. The monoisotopic (exact) mass is 277 g/mol. The molecule has 0 aliphatic carbocycles. The average Bonchev–Trinajstić information content (AvgIpc) is 2.42. The Hall–Kier alpha value is -1.88. The van der Waals surface area contributed by atoms with Crippen molar-refractivity contribution in [2.75, 3.05) is 18.4 Å². The fraction of sp³-hybridized carbons (Fsp3) is 0.467. The summed E-state index contributed by atoms with van der Waals surface area (Å²) in [5.74, 6) is -0.180. The molecule has 0 aromatic heterocycles. The maximum absolute atomic E-state index is 11.8. The highest BCUT2D eigenvalue weighted by Crippen LogP contribution is 2.17. The molecule has 0 heterocycles. The summed E-state index contributed by atoms with van der Waals surface area (Å²) in [5, 5.41) is 5.58. The van der Waals surface area contributed by atoms with E-state index in [9.17, 15) is 9.59 Å². The molecule has 0 aliphatic heterocycles. The summed E-state index contributed by atoms with van der Waals surface area (Å²) in [6.07, 6.45) is 2.06. The van der Waals surface area contributed by atoms with Gasteiger partial charge in [-0.3, -0.25) is 9.59 Å². The van der Waals surface area contributed by atoms with E-state index in [4.69, 9.17) is 5.73 Å². The van der Waals surface area contributed by atoms with Crippen LogP contribution >= 0.6 is 0 Å². The van der Waals surface area contributed by atoms with E-state index in [1.165, 1.54) is 0 Å². The second kappa shape index (κ2) is 8.32. The zero-order valence-electron chi connectivity index (χ0n) is 12.2. The van der Waals surface area contributed by atoms with E-state index in [2.05, 4.69) is 10.6 Å². The molecule has 2 amide bonds. The molecule has 110 valence electrons. The highest BCUT2D eigenvalue weighted by molar-refractivity contribution is 5.97. The first-order valence-electron chi connectivity index (χ1n) is 6.97. The molecule has 5 heteroatoms. The third kappa shape index (κ3) is 5.01. The second-order valence-electron chi connectivity index (χ2n) is 4.68. The molecule has 1 aromatic rings. The lowest BCUT2D eigenvalue weighted by atomic mass is 10.1. The summed E-state index contributed by atoms with van der Waals surface area (Å²) < 4.78 is 0. The van der Waals surface area contributed by atoms with Crippen molar-refractivity contribution in [2.24, 2.45) is 5.73 Å². The van der Waals surface area contributed by atoms with Crippen LogP contribution in [-0.4, -0.2) is 24.9 Å². The van der Waals surface area contributed by atoms with Crippen molar-refractivity contribution in [2.45, 2.75) is 33.1 Å². The fourth-order valence-electron chi connectivity index (χ4n) is 1.80. The van der Waals surface area contributed by atoms with Crippen LogP contribution in [0, 0.1) is 6.92 Å². The number of carbonyl (C=O) groups is 2. The van der Waals surface area contributed by atoms with Crippen LogP contribution in [0.1, 0.15) is 42.1 Å². The number of nitrogens with two attached hydrogens (primary N) is 1. The van der Waals surface area contributed by atoms with Crippen LogP contribution in [0.5, 0.6) is 0 Å². The van der Waals surface area contributed by atoms with Crippen LogP contribution in [0.3, 0.4) is 0 Å². The Labute approximate surface area is 119 Å². The number of anilines is 1. The van der Waals surface area contributed by atoms with Gasteiger partial charge in [0.25, 0.3) is 5.91 Å². The molecule has 0 aliphatic rings. The number of unbranched alkanes of at least 4 members (excludes halogenated alkanes) is 1. The molecule has 0 atom stereocenters. The van der Waals surface area contributed by atoms with Crippen LogP contribution in [0.2, 0.25) is 0 Å². The smallest absolute Gasteiger partial charge is 0.251 e. The van der Waals surface area contributed by atoms with Crippen molar-refractivity contribution in [1.29, 1.82) is 0 Å². The first-order valence-corrected chi connectivity index (χ1v) is 6.97. The van der Waals surface area contributed by atoms with E-state index in [0.717, 1.165) is 18.4 Å². The van der Waals surface area contributed by atoms with Crippen LogP contribution in [0.4, 0.5) is 5.69 Å². The Balaban J connectivity index is 2.71. The maximum Gasteiger partial charge on any atom is 0.251 e. The van der Waals surface area contributed by atoms with E-state index in [1.807, 2.05) is 19.9 Å². The Kier molecular flexibility index (Phi) is 6.73. The molecule has 0 radical (unpaired) electrons. The number of amides is 2. The molecule has 4 N–H and O–H groups in total. The third-order valence-corrected chi connectivity index (χ3v) is 2.97. The third-order valence-electron chi connectivity index (χ3n) is 2.97. The highest BCUT2D eigenvalue weighted by atomic mass is 16.2. The molecule has 0 spiro atoms. The lowest BCUT2D eigenvalue weighted by molar-refractivity contribution is -0.116. The topological polar surface area (TPSA) is 84.2 Å². The predicted molar refractivity (Wildman–Crippen MR) is 80.7 cm³/mol. The molecule has 1 aromatic carbocycles. The van der Waals surface area contributed by atoms with Gasteiger partial charge in [-0.25, -0.2) is 0 Å². The van der Waals surface area contributed by atoms with Crippen molar-refractivity contribution in [3.05, 3.63) is 29.3 Å². The normalized spacial score (nSPS) is 10.2. The van der Waals surface area contributed by atoms with Gasteiger partial charge in [0.2, 0.25) is 5.91 Å². The Morgan fingerprint density at radius 1 is 1.25 bits per heavy atom. The molecule has 1 rings (SSSR count). The van der Waals surface area contributed by atoms with Crippen molar-refractivity contribution in [3.63, 3.8) is 0 Å². The van der Waals surface area contributed by atoms with Gasteiger partial charge >= 0.3 is 0 Å². The van der Waals surface area contributed by atoms with Crippen LogP contribution in [0.15, 0.2) is 18.2 Å². The quantitative estimate of drug-likeness (QED) is 0.665. The molecule has 20 heavy (non-hydrogen) atoms. The molecular weight excluding hydrogens is 254 g/mol. The number of benzene rings is 1. The van der Waals surface area contributed by atoms with Gasteiger partial charge in [0, 0.05) is 24.2 Å². The van der Waals surface area contributed by atoms with E-state index in [-0.39, 0.29) is 11.8 Å². The summed E-state index contributed by atoms with van der Waals surface area (Å²) in [4.78, 5) is 23.6. The molecule has 0 unspecified atom stereocenters. The highest BCUT2D eigenvalue weighted by Gasteiger charge is 2.09. The summed E-state index contributed by atoms with van der Waals surface area (Å²) in [7, 11) is 0. The van der Waals surface area contributed by atoms with Crippen LogP contribution < -0.4 is 16.4 Å². The zero-order chi connectivity index (χ0) is 15.0. The standard InChI is InChI=1S/C15H23N3O2/c1-3-17-15(20)12-8-7-11(2)13(10-12)18-14(19)6-4-5-9-16/h7-8,10H,3-6,9,16H2,1-2H3,(H,17,20)(H,18,19). The van der Waals surface area contributed by atoms with E-state index >= 15 is 0 Å². The van der Waals surface area contributed by atoms with E-state index < -0.39 is 0 Å². The number of rotatable bonds is 7. The summed E-state index contributed by atoms with van der Waals surface area (Å²) in [6, 6.07) is 5.30. The summed E-state index contributed by atoms with van der Waals surface area (Å²) in [6.45, 7) is 4.94. The van der Waals surface area contributed by atoms with Crippen molar-refractivity contribution in [1.82, 2.24) is 5.32 Å². The summed E-state index contributed by atoms with van der Waals surface area (Å²) in [5.41, 5.74) is 7.57. The van der Waals surface area contributed by atoms with Gasteiger partial charge in [-0.1, -0.05) is 6.07 Å². The first kappa shape index (κ1) is 16.2. The van der Waals surface area contributed by atoms with Crippen molar-refractivity contribution in [3.8, 4) is 0 Å². The van der Waals surface area contributed by atoms with Crippen LogP contribution in [0.25, 0.3) is 0 Å². The SMILES string of the molecule is CCNC(=O)c1ccc(C)c(NC(=O)CCCCN)c1. The van der Waals surface area contributed by atoms with Gasteiger partial charge in [-0.05, 0) is 50.9 Å². The lowest BCUT2D eigenvalue weighted by Crippen LogP contribution is -2.23. The van der Waals surface area contributed by atoms with Crippen molar-refractivity contribution >= 4 is 17.5 Å². The molecule has 5 nitrogen and oxygen atoms in total. The first-order chi connectivity index (χ1) is 9.58. The minimum absolute atomic E-state index is 0.0467. The average molecular weight is 277 g/mol. The van der Waals surface area contributed by atoms with Gasteiger partial charge in [-0.2, -0.15) is 0 Å². The Morgan fingerprint density at radius 2 is 2.00 bits per heavy atom. The van der Waals surface area contributed by atoms with Gasteiger partial charge in [0.15, 0.2) is 0 Å². The molecule has 0 fully saturated rings. The fourth-order valence-corrected chi connectivity index (χ4v) is 1.80. The number of nitrogens with one attached hydrogen (secondary N) is 2. The van der Waals surface area contributed by atoms with E-state index in [1.54, 1.807) is 12.1 Å². The van der Waals surface area contributed by atoms with Gasteiger partial charge in [0.05, 0.1) is 0 Å². The van der Waals surface area contributed by atoms with E-state index in [0.29, 0.717) is 30.8 Å². The Morgan fingerprint density at radius 3 is 2.65 bits per heavy atom. The molecule has 0 saturated carbocycles. The number of hydrogen-bond acceptors (Lipinski definition) is 3. The number of aryl methyl sites for hydroxylation is 1. The van der Waals surface area contributed by atoms with Gasteiger partial charge in [0.1, 0.15) is 0 Å². The molecule has 0 saturated heterocycles. The molecular formula is C15H23N3O2. The largest absolute Gasteiger partial charge is 0.352 e. The number of carbonyl (C=O) groups excluding carboxylic acids is 2. The number of hydrogen-bond donors (Lipinski definition) is 3. The minimum atomic E-state index is -0.133. The summed E-state index contributed by atoms with van der Waals surface area (Å²) >= 11 is 0. The predicted octanol–water partition coefficient (Wildman–Crippen LogP) is 1.81. The zero-order valence-corrected chi connectivity index (χ0v) is 12.2. The van der Waals surface area contributed by atoms with Gasteiger partial charge in [-0.15, -0.1) is 0 Å². The van der Waals surface area contributed by atoms with Gasteiger partial charge < -0.3 is 16.4 Å². The second-order valence-corrected chi connectivity index (χ2v) is 4.68.